The molecule has 2 aliphatic rings. The minimum atomic E-state index is -3.80. The summed E-state index contributed by atoms with van der Waals surface area (Å²) in [6.45, 7) is 0.813. The molecule has 0 aromatic carbocycles. The quantitative estimate of drug-likeness (QED) is 0.581. The Morgan fingerprint density at radius 1 is 1.31 bits per heavy atom. The van der Waals surface area contributed by atoms with Gasteiger partial charge in [-0.25, -0.2) is 8.42 Å². The number of nitrogens with zero attached hydrogens (tertiary/aromatic N) is 2. The van der Waals surface area contributed by atoms with Gasteiger partial charge in [0.2, 0.25) is 21.8 Å². The number of hydrogen-bond donors (Lipinski definition) is 2. The average Bonchev–Trinajstić information content (AvgIpc) is 3.32. The maximum Gasteiger partial charge on any atom is 0.242 e. The molecule has 0 saturated carbocycles. The lowest BCUT2D eigenvalue weighted by Gasteiger charge is -2.33. The van der Waals surface area contributed by atoms with Gasteiger partial charge in [0.05, 0.1) is 23.0 Å². The highest BCUT2D eigenvalue weighted by Crippen LogP contribution is 2.23. The standard InChI is InChI=1S/C18H24BrN3O5S2/c19-16-6-5-14(28-16)7-10-29(26,27)20-15-4-2-8-21(18(15)25)11-17(24)22-9-1-3-13(22)12-23/h5-7,10,13,15,20,23H,1-4,8-9,11-12H2/b10-7+/t13-,15-/m0/s1. The second-order valence-corrected chi connectivity index (χ2v) is 11.2. The maximum absolute atomic E-state index is 12.7. The minimum Gasteiger partial charge on any atom is -0.394 e. The van der Waals surface area contributed by atoms with Gasteiger partial charge in [0.1, 0.15) is 6.04 Å². The van der Waals surface area contributed by atoms with Crippen LogP contribution in [-0.2, 0) is 19.6 Å². The van der Waals surface area contributed by atoms with Crippen LogP contribution in [0.1, 0.15) is 30.6 Å². The first-order chi connectivity index (χ1) is 13.8. The number of thiophene rings is 1. The van der Waals surface area contributed by atoms with Crippen LogP contribution >= 0.6 is 27.3 Å². The summed E-state index contributed by atoms with van der Waals surface area (Å²) in [6.07, 6.45) is 4.07. The van der Waals surface area contributed by atoms with Crippen LogP contribution < -0.4 is 4.72 Å². The lowest BCUT2D eigenvalue weighted by Crippen LogP contribution is -2.54. The van der Waals surface area contributed by atoms with Crippen molar-refractivity contribution in [3.63, 3.8) is 0 Å². The lowest BCUT2D eigenvalue weighted by atomic mass is 10.1. The van der Waals surface area contributed by atoms with Crippen LogP contribution in [-0.4, -0.2) is 73.5 Å². The van der Waals surface area contributed by atoms with Gasteiger partial charge < -0.3 is 14.9 Å². The zero-order valence-corrected chi connectivity index (χ0v) is 19.0. The van der Waals surface area contributed by atoms with E-state index in [1.165, 1.54) is 22.3 Å². The molecule has 160 valence electrons. The second kappa shape index (κ2) is 9.69. The van der Waals surface area contributed by atoms with Crippen LogP contribution in [0.3, 0.4) is 0 Å². The molecular formula is C18H24BrN3O5S2. The fourth-order valence-corrected chi connectivity index (χ4v) is 6.06. The summed E-state index contributed by atoms with van der Waals surface area (Å²) in [4.78, 5) is 29.1. The first-order valence-corrected chi connectivity index (χ1v) is 12.6. The van der Waals surface area contributed by atoms with Crippen molar-refractivity contribution in [2.75, 3.05) is 26.2 Å². The molecule has 0 bridgehead atoms. The Morgan fingerprint density at radius 2 is 2.07 bits per heavy atom. The number of carbonyl (C=O) groups is 2. The summed E-state index contributed by atoms with van der Waals surface area (Å²) >= 11 is 4.72. The predicted octanol–water partition coefficient (Wildman–Crippen LogP) is 1.37. The Balaban J connectivity index is 1.60. The highest BCUT2D eigenvalue weighted by molar-refractivity contribution is 9.11. The van der Waals surface area contributed by atoms with Crippen LogP contribution in [0.25, 0.3) is 6.08 Å². The monoisotopic (exact) mass is 505 g/mol. The second-order valence-electron chi connectivity index (χ2n) is 7.13. The molecule has 1 aromatic heterocycles. The van der Waals surface area contributed by atoms with E-state index in [0.717, 1.165) is 26.9 Å². The molecule has 2 N–H and O–H groups in total. The summed E-state index contributed by atoms with van der Waals surface area (Å²) in [5.41, 5.74) is 0. The van der Waals surface area contributed by atoms with E-state index in [-0.39, 0.29) is 31.0 Å². The Morgan fingerprint density at radius 3 is 2.76 bits per heavy atom. The number of halogens is 1. The van der Waals surface area contributed by atoms with Crippen molar-refractivity contribution in [2.24, 2.45) is 0 Å². The average molecular weight is 506 g/mol. The van der Waals surface area contributed by atoms with Gasteiger partial charge in [-0.1, -0.05) is 0 Å². The molecule has 0 spiro atoms. The van der Waals surface area contributed by atoms with E-state index in [1.807, 2.05) is 6.07 Å². The molecule has 0 aliphatic carbocycles. The Hall–Kier alpha value is -1.27. The molecule has 2 atom stereocenters. The molecule has 2 fully saturated rings. The van der Waals surface area contributed by atoms with Crippen LogP contribution in [0.5, 0.6) is 0 Å². The number of rotatable bonds is 7. The summed E-state index contributed by atoms with van der Waals surface area (Å²) < 4.78 is 28.1. The van der Waals surface area contributed by atoms with Crippen molar-refractivity contribution in [2.45, 2.75) is 37.8 Å². The van der Waals surface area contributed by atoms with E-state index in [1.54, 1.807) is 11.0 Å². The number of hydrogen-bond acceptors (Lipinski definition) is 6. The van der Waals surface area contributed by atoms with Crippen molar-refractivity contribution in [3.8, 4) is 0 Å². The van der Waals surface area contributed by atoms with Crippen molar-refractivity contribution in [1.29, 1.82) is 0 Å². The Bertz CT molecular complexity index is 886. The largest absolute Gasteiger partial charge is 0.394 e. The maximum atomic E-state index is 12.7. The predicted molar refractivity (Wildman–Crippen MR) is 115 cm³/mol. The SMILES string of the molecule is O=C1[C@@H](NS(=O)(=O)/C=C/c2ccc(Br)s2)CCCN1CC(=O)N1CCC[C@H]1CO. The van der Waals surface area contributed by atoms with Crippen molar-refractivity contribution >= 4 is 55.2 Å². The molecule has 1 aromatic rings. The molecule has 2 amide bonds. The van der Waals surface area contributed by atoms with Gasteiger partial charge in [-0.15, -0.1) is 11.3 Å². The number of amides is 2. The lowest BCUT2D eigenvalue weighted by molar-refractivity contribution is -0.143. The molecule has 2 aliphatic heterocycles. The van der Waals surface area contributed by atoms with Crippen LogP contribution in [0, 0.1) is 0 Å². The summed E-state index contributed by atoms with van der Waals surface area (Å²) in [6, 6.07) is 2.54. The summed E-state index contributed by atoms with van der Waals surface area (Å²) in [5.74, 6) is -0.596. The number of aliphatic hydroxyl groups is 1. The number of nitrogens with one attached hydrogen (secondary N) is 1. The Kier molecular flexibility index (Phi) is 7.49. The summed E-state index contributed by atoms with van der Waals surface area (Å²) in [5, 5.41) is 10.4. The highest BCUT2D eigenvalue weighted by atomic mass is 79.9. The fourth-order valence-electron chi connectivity index (χ4n) is 3.63. The van der Waals surface area contributed by atoms with E-state index in [4.69, 9.17) is 0 Å². The van der Waals surface area contributed by atoms with E-state index in [0.29, 0.717) is 25.9 Å². The first kappa shape index (κ1) is 22.4. The molecule has 8 nitrogen and oxygen atoms in total. The van der Waals surface area contributed by atoms with E-state index in [9.17, 15) is 23.1 Å². The molecule has 3 heterocycles. The molecule has 0 unspecified atom stereocenters. The van der Waals surface area contributed by atoms with Crippen molar-refractivity contribution in [1.82, 2.24) is 14.5 Å². The van der Waals surface area contributed by atoms with Crippen molar-refractivity contribution < 1.29 is 23.1 Å². The molecule has 2 saturated heterocycles. The number of sulfonamides is 1. The highest BCUT2D eigenvalue weighted by Gasteiger charge is 2.35. The van der Waals surface area contributed by atoms with Crippen LogP contribution in [0.2, 0.25) is 0 Å². The van der Waals surface area contributed by atoms with Gasteiger partial charge in [-0.05, 0) is 59.8 Å². The first-order valence-electron chi connectivity index (χ1n) is 9.44. The third-order valence-electron chi connectivity index (χ3n) is 5.08. The third kappa shape index (κ3) is 5.88. The van der Waals surface area contributed by atoms with Crippen LogP contribution in [0.15, 0.2) is 21.3 Å². The van der Waals surface area contributed by atoms with E-state index >= 15 is 0 Å². The van der Waals surface area contributed by atoms with E-state index in [2.05, 4.69) is 20.7 Å². The minimum absolute atomic E-state index is 0.0880. The zero-order chi connectivity index (χ0) is 21.0. The third-order valence-corrected chi connectivity index (χ3v) is 7.77. The number of likely N-dealkylation sites (tertiary alicyclic amines) is 2. The van der Waals surface area contributed by atoms with Crippen molar-refractivity contribution in [3.05, 3.63) is 26.2 Å². The molecule has 11 heteroatoms. The van der Waals surface area contributed by atoms with Gasteiger partial charge in [0, 0.05) is 23.4 Å². The van der Waals surface area contributed by atoms with Gasteiger partial charge in [-0.2, -0.15) is 4.72 Å². The smallest absolute Gasteiger partial charge is 0.242 e. The summed E-state index contributed by atoms with van der Waals surface area (Å²) in [7, 11) is -3.80. The van der Waals surface area contributed by atoms with Gasteiger partial charge in [-0.3, -0.25) is 9.59 Å². The number of carbonyl (C=O) groups excluding carboxylic acids is 2. The molecule has 3 rings (SSSR count). The van der Waals surface area contributed by atoms with E-state index < -0.39 is 16.1 Å². The van der Waals surface area contributed by atoms with Gasteiger partial charge in [0.15, 0.2) is 0 Å². The fraction of sp³-hybridized carbons (Fsp3) is 0.556. The molecular weight excluding hydrogens is 482 g/mol. The number of aliphatic hydroxyl groups excluding tert-OH is 1. The topological polar surface area (TPSA) is 107 Å². The molecule has 0 radical (unpaired) electrons. The Labute approximate surface area is 182 Å². The molecule has 29 heavy (non-hydrogen) atoms. The normalized spacial score (nSPS) is 23.3. The van der Waals surface area contributed by atoms with Gasteiger partial charge >= 0.3 is 0 Å². The zero-order valence-electron chi connectivity index (χ0n) is 15.8. The van der Waals surface area contributed by atoms with Gasteiger partial charge in [0.25, 0.3) is 0 Å². The van der Waals surface area contributed by atoms with Crippen LogP contribution in [0.4, 0.5) is 0 Å². The number of piperidine rings is 1.